The number of nitrogens with zero attached hydrogens (tertiary/aromatic N) is 1. The van der Waals surface area contributed by atoms with Crippen LogP contribution in [0.1, 0.15) is 66.9 Å². The van der Waals surface area contributed by atoms with Gasteiger partial charge in [-0.2, -0.15) is 4.99 Å². The topological polar surface area (TPSA) is 109 Å². The normalized spacial score (nSPS) is 18.9. The maximum absolute atomic E-state index is 13.0. The van der Waals surface area contributed by atoms with E-state index in [2.05, 4.69) is 4.99 Å². The number of ether oxygens (including phenoxy) is 2. The van der Waals surface area contributed by atoms with E-state index in [-0.39, 0.29) is 26.2 Å². The van der Waals surface area contributed by atoms with Gasteiger partial charge in [0.25, 0.3) is 0 Å². The second-order valence-electron chi connectivity index (χ2n) is 11.0. The number of carbonyl (C=O) groups excluding carboxylic acids is 2. The van der Waals surface area contributed by atoms with Crippen LogP contribution in [0, 0.1) is 11.8 Å². The Morgan fingerprint density at radius 2 is 1.71 bits per heavy atom. The van der Waals surface area contributed by atoms with Crippen molar-refractivity contribution in [2.75, 3.05) is 6.54 Å². The molecule has 1 aromatic carbocycles. The van der Waals surface area contributed by atoms with Gasteiger partial charge in [0.2, 0.25) is 0 Å². The Labute approximate surface area is 210 Å². The van der Waals surface area contributed by atoms with E-state index in [1.165, 1.54) is 6.21 Å². The molecule has 1 aromatic rings. The number of benzene rings is 1. The standard InChI is InChI=1S/C26H41BN2O6/c1-24(2,3)33-22(30)21(17-29-23(31)32-18-19-12-9-8-10-13-19)20(16-28)14-11-15-27-34-25(4,5)26(6,7)35-27/h8-10,12-13,17,20-21H,11,14-16,18,28H2,1-7H3/t20-,21?/m0/s1. The smallest absolute Gasteiger partial charge is 0.457 e. The molecule has 194 valence electrons. The van der Waals surface area contributed by atoms with E-state index in [4.69, 9.17) is 24.5 Å². The van der Waals surface area contributed by atoms with E-state index in [0.29, 0.717) is 12.7 Å². The number of hydrogen-bond donors (Lipinski definition) is 1. The molecule has 1 amide bonds. The molecule has 0 spiro atoms. The van der Waals surface area contributed by atoms with Crippen molar-refractivity contribution < 1.29 is 28.4 Å². The third-order valence-electron chi connectivity index (χ3n) is 6.35. The van der Waals surface area contributed by atoms with Gasteiger partial charge in [-0.25, -0.2) is 4.79 Å². The molecule has 2 atom stereocenters. The zero-order valence-electron chi connectivity index (χ0n) is 22.2. The van der Waals surface area contributed by atoms with Crippen molar-refractivity contribution in [3.8, 4) is 0 Å². The number of rotatable bonds is 10. The highest BCUT2D eigenvalue weighted by Gasteiger charge is 2.50. The van der Waals surface area contributed by atoms with Crippen LogP contribution in [0.4, 0.5) is 4.79 Å². The van der Waals surface area contributed by atoms with Crippen LogP contribution in [0.5, 0.6) is 0 Å². The lowest BCUT2D eigenvalue weighted by Crippen LogP contribution is -2.41. The van der Waals surface area contributed by atoms with Crippen molar-refractivity contribution in [3.05, 3.63) is 35.9 Å². The highest BCUT2D eigenvalue weighted by Crippen LogP contribution is 2.38. The van der Waals surface area contributed by atoms with E-state index < -0.39 is 34.8 Å². The van der Waals surface area contributed by atoms with Gasteiger partial charge in [-0.05, 0) is 79.2 Å². The van der Waals surface area contributed by atoms with Gasteiger partial charge in [0.1, 0.15) is 12.2 Å². The number of aliphatic imine (C=N–C) groups is 1. The molecule has 1 fully saturated rings. The highest BCUT2D eigenvalue weighted by atomic mass is 16.7. The minimum atomic E-state index is -0.776. The summed E-state index contributed by atoms with van der Waals surface area (Å²) in [7, 11) is -0.319. The number of carbonyl (C=O) groups is 2. The van der Waals surface area contributed by atoms with Crippen LogP contribution in [-0.4, -0.2) is 48.7 Å². The quantitative estimate of drug-likeness (QED) is 0.286. The first kappa shape index (κ1) is 29.0. The molecule has 2 rings (SSSR count). The maximum Gasteiger partial charge on any atom is 0.457 e. The second-order valence-corrected chi connectivity index (χ2v) is 11.0. The Morgan fingerprint density at radius 3 is 2.26 bits per heavy atom. The van der Waals surface area contributed by atoms with E-state index in [9.17, 15) is 9.59 Å². The molecule has 0 aliphatic carbocycles. The van der Waals surface area contributed by atoms with E-state index in [1.54, 1.807) is 20.8 Å². The fourth-order valence-electron chi connectivity index (χ4n) is 3.72. The zero-order chi connectivity index (χ0) is 26.3. The van der Waals surface area contributed by atoms with Gasteiger partial charge in [0, 0.05) is 6.21 Å². The van der Waals surface area contributed by atoms with Crippen molar-refractivity contribution in [1.29, 1.82) is 0 Å². The number of nitrogens with two attached hydrogens (primary N) is 1. The van der Waals surface area contributed by atoms with Gasteiger partial charge in [-0.15, -0.1) is 0 Å². The fraction of sp³-hybridized carbons (Fsp3) is 0.654. The van der Waals surface area contributed by atoms with E-state index in [1.807, 2.05) is 58.0 Å². The first-order valence-electron chi connectivity index (χ1n) is 12.3. The van der Waals surface area contributed by atoms with Gasteiger partial charge in [-0.1, -0.05) is 36.8 Å². The number of hydrogen-bond acceptors (Lipinski definition) is 7. The monoisotopic (exact) mass is 488 g/mol. The molecule has 0 saturated carbocycles. The van der Waals surface area contributed by atoms with Gasteiger partial charge in [0.05, 0.1) is 17.1 Å². The van der Waals surface area contributed by atoms with Gasteiger partial charge >= 0.3 is 19.2 Å². The lowest BCUT2D eigenvalue weighted by atomic mass is 9.79. The van der Waals surface area contributed by atoms with Crippen LogP contribution in [0.2, 0.25) is 6.32 Å². The summed E-state index contributed by atoms with van der Waals surface area (Å²) in [6.45, 7) is 13.8. The summed E-state index contributed by atoms with van der Waals surface area (Å²) in [5.41, 5.74) is 5.43. The van der Waals surface area contributed by atoms with Crippen LogP contribution in [-0.2, 0) is 30.2 Å². The van der Waals surface area contributed by atoms with Gasteiger partial charge < -0.3 is 24.5 Å². The summed E-state index contributed by atoms with van der Waals surface area (Å²) < 4.78 is 22.9. The Balaban J connectivity index is 2.01. The molecule has 1 aliphatic heterocycles. The maximum atomic E-state index is 13.0. The molecule has 1 unspecified atom stereocenters. The minimum absolute atomic E-state index is 0.0997. The first-order valence-corrected chi connectivity index (χ1v) is 12.3. The number of esters is 1. The molecule has 0 radical (unpaired) electrons. The molecule has 2 N–H and O–H groups in total. The summed E-state index contributed by atoms with van der Waals surface area (Å²) in [5.74, 6) is -1.51. The van der Waals surface area contributed by atoms with Crippen LogP contribution in [0.3, 0.4) is 0 Å². The first-order chi connectivity index (χ1) is 16.2. The van der Waals surface area contributed by atoms with Gasteiger partial charge in [0.15, 0.2) is 0 Å². The predicted octanol–water partition coefficient (Wildman–Crippen LogP) is 4.80. The Hall–Kier alpha value is -2.23. The summed E-state index contributed by atoms with van der Waals surface area (Å²) in [4.78, 5) is 29.1. The molecule has 1 heterocycles. The average molecular weight is 488 g/mol. The predicted molar refractivity (Wildman–Crippen MR) is 137 cm³/mol. The van der Waals surface area contributed by atoms with E-state index in [0.717, 1.165) is 12.0 Å². The molecule has 0 bridgehead atoms. The number of amides is 1. The molecule has 0 aromatic heterocycles. The van der Waals surface area contributed by atoms with Crippen LogP contribution in [0.15, 0.2) is 35.3 Å². The molecule has 1 aliphatic rings. The molecule has 35 heavy (non-hydrogen) atoms. The van der Waals surface area contributed by atoms with Crippen molar-refractivity contribution in [1.82, 2.24) is 0 Å². The largest absolute Gasteiger partial charge is 0.459 e. The average Bonchev–Trinajstić information content (AvgIpc) is 2.96. The van der Waals surface area contributed by atoms with Crippen molar-refractivity contribution >= 4 is 25.4 Å². The zero-order valence-corrected chi connectivity index (χ0v) is 22.2. The third-order valence-corrected chi connectivity index (χ3v) is 6.35. The third kappa shape index (κ3) is 9.06. The Morgan fingerprint density at radius 1 is 1.11 bits per heavy atom. The Kier molecular flexibility index (Phi) is 10.1. The second kappa shape index (κ2) is 12.1. The molecule has 9 heteroatoms. The summed E-state index contributed by atoms with van der Waals surface area (Å²) in [6, 6.07) is 9.31. The summed E-state index contributed by atoms with van der Waals surface area (Å²) in [5, 5.41) is 0. The molecular weight excluding hydrogens is 447 g/mol. The minimum Gasteiger partial charge on any atom is -0.459 e. The lowest BCUT2D eigenvalue weighted by Gasteiger charge is -2.32. The summed E-state index contributed by atoms with van der Waals surface area (Å²) in [6.07, 6.45) is 2.56. The van der Waals surface area contributed by atoms with Crippen LogP contribution >= 0.6 is 0 Å². The van der Waals surface area contributed by atoms with Crippen LogP contribution < -0.4 is 5.73 Å². The van der Waals surface area contributed by atoms with Gasteiger partial charge in [-0.3, -0.25) is 4.79 Å². The van der Waals surface area contributed by atoms with Crippen molar-refractivity contribution in [2.24, 2.45) is 22.6 Å². The highest BCUT2D eigenvalue weighted by molar-refractivity contribution is 6.45. The SMILES string of the molecule is CC(C)(C)OC(=O)C(C=NC(=O)OCc1ccccc1)[C@H](CN)CCCB1OC(C)(C)C(C)(C)O1. The van der Waals surface area contributed by atoms with Crippen molar-refractivity contribution in [3.63, 3.8) is 0 Å². The Bertz CT molecular complexity index is 850. The van der Waals surface area contributed by atoms with Crippen molar-refractivity contribution in [2.45, 2.75) is 91.0 Å². The molecule has 8 nitrogen and oxygen atoms in total. The van der Waals surface area contributed by atoms with Crippen LogP contribution in [0.25, 0.3) is 0 Å². The fourth-order valence-corrected chi connectivity index (χ4v) is 3.72. The lowest BCUT2D eigenvalue weighted by molar-refractivity contribution is -0.158. The molecular formula is C26H41BN2O6. The molecule has 1 saturated heterocycles. The summed E-state index contributed by atoms with van der Waals surface area (Å²) >= 11 is 0. The van der Waals surface area contributed by atoms with E-state index >= 15 is 0 Å².